The molecule has 0 bridgehead atoms. The maximum atomic E-state index is 10.4. The van der Waals surface area contributed by atoms with E-state index in [2.05, 4.69) is 4.74 Å². The van der Waals surface area contributed by atoms with Crippen LogP contribution in [0.5, 0.6) is 0 Å². The summed E-state index contributed by atoms with van der Waals surface area (Å²) in [6, 6.07) is 0. The quantitative estimate of drug-likeness (QED) is 0.452. The van der Waals surface area contributed by atoms with Crippen LogP contribution in [-0.4, -0.2) is 18.4 Å². The van der Waals surface area contributed by atoms with Crippen molar-refractivity contribution in [2.75, 3.05) is 6.61 Å². The topological polar surface area (TPSA) is 43.4 Å². The van der Waals surface area contributed by atoms with Gasteiger partial charge in [-0.05, 0) is 6.92 Å². The molecule has 0 aromatic rings. The fourth-order valence-corrected chi connectivity index (χ4v) is 0.483. The lowest BCUT2D eigenvalue weighted by molar-refractivity contribution is -0.139. The smallest absolute Gasteiger partial charge is 0.302 e. The number of carbonyl (C=O) groups excluding carboxylic acids is 2. The Morgan fingerprint density at radius 3 is 2.36 bits per heavy atom. The second-order valence-electron chi connectivity index (χ2n) is 2.18. The molecule has 0 aromatic heterocycles. The molecule has 0 atom stereocenters. The molecule has 0 fully saturated rings. The molecule has 0 rings (SSSR count). The summed E-state index contributed by atoms with van der Waals surface area (Å²) < 4.78 is 4.59. The second-order valence-corrected chi connectivity index (χ2v) is 2.18. The van der Waals surface area contributed by atoms with Gasteiger partial charge in [-0.1, -0.05) is 12.2 Å². The maximum Gasteiger partial charge on any atom is 0.302 e. The minimum Gasteiger partial charge on any atom is -0.462 e. The summed E-state index contributed by atoms with van der Waals surface area (Å²) in [4.78, 5) is 20.6. The minimum atomic E-state index is -0.308. The molecule has 0 heterocycles. The van der Waals surface area contributed by atoms with Crippen LogP contribution < -0.4 is 0 Å². The molecular formula is C8H12O3. The summed E-state index contributed by atoms with van der Waals surface area (Å²) in [5.41, 5.74) is 0. The summed E-state index contributed by atoms with van der Waals surface area (Å²) >= 11 is 0. The molecule has 3 heteroatoms. The number of Topliss-reactive ketones (excluding diaryl/α,β-unsaturated/α-hetero) is 1. The van der Waals surface area contributed by atoms with Gasteiger partial charge in [-0.3, -0.25) is 9.59 Å². The Balaban J connectivity index is 3.30. The van der Waals surface area contributed by atoms with Gasteiger partial charge < -0.3 is 4.74 Å². The molecule has 62 valence electrons. The first-order valence-corrected chi connectivity index (χ1v) is 3.40. The van der Waals surface area contributed by atoms with Gasteiger partial charge in [0.25, 0.3) is 0 Å². The Labute approximate surface area is 66.0 Å². The highest BCUT2D eigenvalue weighted by Crippen LogP contribution is 1.85. The monoisotopic (exact) mass is 156 g/mol. The number of hydrogen-bond acceptors (Lipinski definition) is 3. The Hall–Kier alpha value is -1.12. The molecule has 0 unspecified atom stereocenters. The highest BCUT2D eigenvalue weighted by atomic mass is 16.5. The highest BCUT2D eigenvalue weighted by molar-refractivity contribution is 5.76. The van der Waals surface area contributed by atoms with E-state index in [4.69, 9.17) is 0 Å². The van der Waals surface area contributed by atoms with E-state index >= 15 is 0 Å². The van der Waals surface area contributed by atoms with E-state index in [9.17, 15) is 9.59 Å². The average molecular weight is 156 g/mol. The summed E-state index contributed by atoms with van der Waals surface area (Å²) in [5, 5.41) is 0. The van der Waals surface area contributed by atoms with Crippen molar-refractivity contribution in [2.24, 2.45) is 0 Å². The van der Waals surface area contributed by atoms with Crippen molar-refractivity contribution in [1.82, 2.24) is 0 Å². The fraction of sp³-hybridized carbons (Fsp3) is 0.500. The molecule has 0 aliphatic carbocycles. The maximum absolute atomic E-state index is 10.4. The number of allylic oxidation sites excluding steroid dienone is 1. The third-order valence-electron chi connectivity index (χ3n) is 0.955. The predicted molar refractivity (Wildman–Crippen MR) is 41.1 cm³/mol. The Morgan fingerprint density at radius 1 is 1.27 bits per heavy atom. The average Bonchev–Trinajstić information content (AvgIpc) is 1.85. The van der Waals surface area contributed by atoms with Gasteiger partial charge in [-0.25, -0.2) is 0 Å². The molecule has 0 aromatic carbocycles. The van der Waals surface area contributed by atoms with Crippen molar-refractivity contribution in [3.05, 3.63) is 12.2 Å². The Morgan fingerprint density at radius 2 is 1.91 bits per heavy atom. The summed E-state index contributed by atoms with van der Waals surface area (Å²) in [7, 11) is 0. The van der Waals surface area contributed by atoms with Crippen LogP contribution in [0.3, 0.4) is 0 Å². The lowest BCUT2D eigenvalue weighted by atomic mass is 10.3. The van der Waals surface area contributed by atoms with Crippen molar-refractivity contribution >= 4 is 11.8 Å². The molecular weight excluding hydrogens is 144 g/mol. The first-order valence-electron chi connectivity index (χ1n) is 3.40. The zero-order valence-electron chi connectivity index (χ0n) is 6.79. The van der Waals surface area contributed by atoms with Crippen LogP contribution in [0.25, 0.3) is 0 Å². The third kappa shape index (κ3) is 8.88. The van der Waals surface area contributed by atoms with Crippen molar-refractivity contribution < 1.29 is 14.3 Å². The van der Waals surface area contributed by atoms with Crippen molar-refractivity contribution in [3.8, 4) is 0 Å². The number of hydrogen-bond donors (Lipinski definition) is 0. The summed E-state index contributed by atoms with van der Waals surface area (Å²) in [6.07, 6.45) is 3.75. The Kier molecular flexibility index (Phi) is 5.07. The van der Waals surface area contributed by atoms with Crippen LogP contribution in [0.2, 0.25) is 0 Å². The van der Waals surface area contributed by atoms with Crippen LogP contribution >= 0.6 is 0 Å². The van der Waals surface area contributed by atoms with Crippen LogP contribution in [0, 0.1) is 0 Å². The number of rotatable bonds is 4. The minimum absolute atomic E-state index is 0.101. The second kappa shape index (κ2) is 5.65. The largest absolute Gasteiger partial charge is 0.462 e. The molecule has 0 amide bonds. The van der Waals surface area contributed by atoms with E-state index in [0.29, 0.717) is 6.42 Å². The van der Waals surface area contributed by atoms with E-state index in [0.717, 1.165) is 0 Å². The van der Waals surface area contributed by atoms with E-state index in [1.807, 2.05) is 0 Å². The van der Waals surface area contributed by atoms with Gasteiger partial charge in [-0.15, -0.1) is 0 Å². The van der Waals surface area contributed by atoms with Gasteiger partial charge in [0.1, 0.15) is 12.4 Å². The number of esters is 1. The first kappa shape index (κ1) is 9.88. The first-order chi connectivity index (χ1) is 5.13. The number of ketones is 1. The lowest BCUT2D eigenvalue weighted by Gasteiger charge is -1.93. The standard InChI is InChI=1S/C8H12O3/c1-7(9)5-3-4-6-11-8(2)10/h3-4H,5-6H2,1-2H3. The normalized spacial score (nSPS) is 10.0. The van der Waals surface area contributed by atoms with Gasteiger partial charge in [0, 0.05) is 13.3 Å². The number of carbonyl (C=O) groups is 2. The van der Waals surface area contributed by atoms with Gasteiger partial charge in [0.15, 0.2) is 0 Å². The molecule has 0 aliphatic heterocycles. The molecule has 0 spiro atoms. The third-order valence-corrected chi connectivity index (χ3v) is 0.955. The van der Waals surface area contributed by atoms with E-state index in [1.165, 1.54) is 13.8 Å². The van der Waals surface area contributed by atoms with Crippen molar-refractivity contribution in [3.63, 3.8) is 0 Å². The lowest BCUT2D eigenvalue weighted by Crippen LogP contribution is -1.97. The van der Waals surface area contributed by atoms with Gasteiger partial charge in [0.2, 0.25) is 0 Å². The van der Waals surface area contributed by atoms with Crippen molar-refractivity contribution in [2.45, 2.75) is 20.3 Å². The van der Waals surface area contributed by atoms with Crippen LogP contribution in [0.4, 0.5) is 0 Å². The van der Waals surface area contributed by atoms with Crippen LogP contribution in [0.1, 0.15) is 20.3 Å². The van der Waals surface area contributed by atoms with Gasteiger partial charge in [-0.2, -0.15) is 0 Å². The molecule has 0 aliphatic rings. The zero-order valence-corrected chi connectivity index (χ0v) is 6.79. The van der Waals surface area contributed by atoms with E-state index in [-0.39, 0.29) is 18.4 Å². The number of ether oxygens (including phenoxy) is 1. The highest BCUT2D eigenvalue weighted by Gasteiger charge is 1.88. The Bertz CT molecular complexity index is 170. The van der Waals surface area contributed by atoms with Crippen molar-refractivity contribution in [1.29, 1.82) is 0 Å². The van der Waals surface area contributed by atoms with E-state index in [1.54, 1.807) is 12.2 Å². The SMILES string of the molecule is CC(=O)CC=CCOC(C)=O. The van der Waals surface area contributed by atoms with E-state index < -0.39 is 0 Å². The van der Waals surface area contributed by atoms with Crippen LogP contribution in [0.15, 0.2) is 12.2 Å². The fourth-order valence-electron chi connectivity index (χ4n) is 0.483. The molecule has 0 N–H and O–H groups in total. The summed E-state index contributed by atoms with van der Waals surface area (Å²) in [5.74, 6) is -0.207. The molecule has 3 nitrogen and oxygen atoms in total. The van der Waals surface area contributed by atoms with Gasteiger partial charge >= 0.3 is 5.97 Å². The summed E-state index contributed by atoms with van der Waals surface area (Å²) in [6.45, 7) is 3.11. The van der Waals surface area contributed by atoms with Crippen LogP contribution in [-0.2, 0) is 14.3 Å². The molecule has 0 saturated heterocycles. The van der Waals surface area contributed by atoms with Gasteiger partial charge in [0.05, 0.1) is 0 Å². The molecule has 0 radical (unpaired) electrons. The predicted octanol–water partition coefficient (Wildman–Crippen LogP) is 1.08. The zero-order chi connectivity index (χ0) is 8.69. The molecule has 0 saturated carbocycles. The molecule has 11 heavy (non-hydrogen) atoms.